The lowest BCUT2D eigenvalue weighted by molar-refractivity contribution is -0.386. The summed E-state index contributed by atoms with van der Waals surface area (Å²) in [6.45, 7) is 0. The zero-order chi connectivity index (χ0) is 14.7. The molecule has 2 unspecified atom stereocenters. The average molecular weight is 279 g/mol. The van der Waals surface area contributed by atoms with Crippen molar-refractivity contribution in [2.75, 3.05) is 0 Å². The number of amides is 1. The number of hydrogen-bond acceptors (Lipinski definition) is 5. The van der Waals surface area contributed by atoms with Crippen LogP contribution in [0.3, 0.4) is 0 Å². The number of nitro benzene ring substituents is 1. The van der Waals surface area contributed by atoms with E-state index in [2.05, 4.69) is 0 Å². The van der Waals surface area contributed by atoms with Crippen molar-refractivity contribution in [1.29, 1.82) is 0 Å². The Bertz CT molecular complexity index is 532. The Morgan fingerprint density at radius 2 is 2.05 bits per heavy atom. The van der Waals surface area contributed by atoms with Gasteiger partial charge in [0.1, 0.15) is 6.10 Å². The van der Waals surface area contributed by atoms with Crippen LogP contribution in [-0.4, -0.2) is 23.0 Å². The molecule has 7 heteroatoms. The number of nitrogens with zero attached hydrogens (tertiary/aromatic N) is 1. The molecule has 20 heavy (non-hydrogen) atoms. The molecule has 1 aliphatic rings. The van der Waals surface area contributed by atoms with Crippen LogP contribution >= 0.6 is 0 Å². The minimum Gasteiger partial charge on any atom is -0.482 e. The number of carbonyl (C=O) groups excluding carboxylic acids is 1. The van der Waals surface area contributed by atoms with Gasteiger partial charge in [0.15, 0.2) is 5.75 Å². The number of carbonyl (C=O) groups is 1. The van der Waals surface area contributed by atoms with Gasteiger partial charge in [0.05, 0.1) is 4.92 Å². The van der Waals surface area contributed by atoms with Crippen molar-refractivity contribution < 1.29 is 14.5 Å². The van der Waals surface area contributed by atoms with Gasteiger partial charge in [-0.1, -0.05) is 6.42 Å². The van der Waals surface area contributed by atoms with Gasteiger partial charge >= 0.3 is 5.69 Å². The quantitative estimate of drug-likeness (QED) is 0.636. The summed E-state index contributed by atoms with van der Waals surface area (Å²) in [5.41, 5.74) is 11.1. The second-order valence-electron chi connectivity index (χ2n) is 4.91. The highest BCUT2D eigenvalue weighted by atomic mass is 16.6. The van der Waals surface area contributed by atoms with Gasteiger partial charge in [-0.2, -0.15) is 0 Å². The van der Waals surface area contributed by atoms with Crippen LogP contribution in [0.5, 0.6) is 5.75 Å². The molecule has 0 bridgehead atoms. The molecule has 1 fully saturated rings. The predicted molar refractivity (Wildman–Crippen MR) is 72.5 cm³/mol. The number of hydrogen-bond donors (Lipinski definition) is 2. The molecule has 1 aromatic rings. The zero-order valence-electron chi connectivity index (χ0n) is 11.0. The van der Waals surface area contributed by atoms with Gasteiger partial charge in [0.25, 0.3) is 0 Å². The van der Waals surface area contributed by atoms with Crippen LogP contribution in [0, 0.1) is 10.1 Å². The van der Waals surface area contributed by atoms with E-state index < -0.39 is 10.8 Å². The molecule has 2 rings (SSSR count). The number of benzene rings is 1. The Balaban J connectivity index is 2.29. The maximum Gasteiger partial charge on any atom is 0.310 e. The standard InChI is InChI=1S/C13H17N3O4/c14-9-3-1-2-4-11(9)20-12-7-8(13(15)17)5-6-10(12)16(18)19/h5-7,9,11H,1-4,14H2,(H2,15,17). The van der Waals surface area contributed by atoms with Crippen LogP contribution in [-0.2, 0) is 0 Å². The highest BCUT2D eigenvalue weighted by Crippen LogP contribution is 2.31. The Labute approximate surface area is 116 Å². The van der Waals surface area contributed by atoms with Crippen molar-refractivity contribution in [3.63, 3.8) is 0 Å². The van der Waals surface area contributed by atoms with Gasteiger partial charge in [-0.25, -0.2) is 0 Å². The SMILES string of the molecule is NC(=O)c1ccc([N+](=O)[O-])c(OC2CCCCC2N)c1. The summed E-state index contributed by atoms with van der Waals surface area (Å²) in [5, 5.41) is 11.0. The molecule has 108 valence electrons. The van der Waals surface area contributed by atoms with Crippen molar-refractivity contribution in [3.05, 3.63) is 33.9 Å². The molecule has 1 saturated carbocycles. The third-order valence-corrected chi connectivity index (χ3v) is 3.47. The van der Waals surface area contributed by atoms with Crippen LogP contribution < -0.4 is 16.2 Å². The van der Waals surface area contributed by atoms with Crippen molar-refractivity contribution in [2.24, 2.45) is 11.5 Å². The van der Waals surface area contributed by atoms with E-state index in [-0.39, 0.29) is 29.1 Å². The zero-order valence-corrected chi connectivity index (χ0v) is 11.0. The summed E-state index contributed by atoms with van der Waals surface area (Å²) in [4.78, 5) is 21.6. The van der Waals surface area contributed by atoms with Gasteiger partial charge in [0, 0.05) is 23.7 Å². The maximum atomic E-state index is 11.2. The summed E-state index contributed by atoms with van der Waals surface area (Å²) in [6.07, 6.45) is 3.31. The first-order valence-corrected chi connectivity index (χ1v) is 6.49. The summed E-state index contributed by atoms with van der Waals surface area (Å²) < 4.78 is 5.68. The van der Waals surface area contributed by atoms with E-state index in [1.165, 1.54) is 18.2 Å². The number of primary amides is 1. The highest BCUT2D eigenvalue weighted by Gasteiger charge is 2.27. The van der Waals surface area contributed by atoms with E-state index >= 15 is 0 Å². The molecule has 1 aromatic carbocycles. The van der Waals surface area contributed by atoms with Gasteiger partial charge in [-0.05, 0) is 25.3 Å². The molecule has 1 amide bonds. The molecule has 4 N–H and O–H groups in total. The van der Waals surface area contributed by atoms with Gasteiger partial charge in [-0.15, -0.1) is 0 Å². The molecular formula is C13H17N3O4. The third kappa shape index (κ3) is 3.05. The second kappa shape index (κ2) is 5.87. The topological polar surface area (TPSA) is 121 Å². The summed E-state index contributed by atoms with van der Waals surface area (Å²) >= 11 is 0. The second-order valence-corrected chi connectivity index (χ2v) is 4.91. The maximum absolute atomic E-state index is 11.2. The normalized spacial score (nSPS) is 22.2. The number of nitrogens with two attached hydrogens (primary N) is 2. The molecule has 0 heterocycles. The van der Waals surface area contributed by atoms with Crippen molar-refractivity contribution in [1.82, 2.24) is 0 Å². The Morgan fingerprint density at radius 1 is 1.35 bits per heavy atom. The molecule has 7 nitrogen and oxygen atoms in total. The predicted octanol–water partition coefficient (Wildman–Crippen LogP) is 1.34. The average Bonchev–Trinajstić information content (AvgIpc) is 2.41. The molecule has 1 aliphatic carbocycles. The lowest BCUT2D eigenvalue weighted by atomic mass is 9.93. The first kappa shape index (κ1) is 14.3. The van der Waals surface area contributed by atoms with Crippen LogP contribution in [0.2, 0.25) is 0 Å². The van der Waals surface area contributed by atoms with Crippen molar-refractivity contribution >= 4 is 11.6 Å². The molecular weight excluding hydrogens is 262 g/mol. The van der Waals surface area contributed by atoms with Crippen molar-refractivity contribution in [3.8, 4) is 5.75 Å². The van der Waals surface area contributed by atoms with Gasteiger partial charge < -0.3 is 16.2 Å². The van der Waals surface area contributed by atoms with Crippen LogP contribution in [0.15, 0.2) is 18.2 Å². The van der Waals surface area contributed by atoms with E-state index in [1.54, 1.807) is 0 Å². The lowest BCUT2D eigenvalue weighted by Crippen LogP contribution is -2.41. The van der Waals surface area contributed by atoms with Crippen molar-refractivity contribution in [2.45, 2.75) is 37.8 Å². The molecule has 0 spiro atoms. The summed E-state index contributed by atoms with van der Waals surface area (Å²) in [6, 6.07) is 3.69. The highest BCUT2D eigenvalue weighted by molar-refractivity contribution is 5.93. The molecule has 2 atom stereocenters. The smallest absolute Gasteiger partial charge is 0.310 e. The Hall–Kier alpha value is -2.15. The summed E-state index contributed by atoms with van der Waals surface area (Å²) in [5.74, 6) is -0.605. The van der Waals surface area contributed by atoms with Gasteiger partial charge in [-0.3, -0.25) is 14.9 Å². The lowest BCUT2D eigenvalue weighted by Gasteiger charge is -2.28. The monoisotopic (exact) mass is 279 g/mol. The minimum absolute atomic E-state index is 0.0497. The van der Waals surface area contributed by atoms with E-state index in [9.17, 15) is 14.9 Å². The van der Waals surface area contributed by atoms with E-state index in [0.29, 0.717) is 0 Å². The molecule has 0 radical (unpaired) electrons. The third-order valence-electron chi connectivity index (χ3n) is 3.47. The fraction of sp³-hybridized carbons (Fsp3) is 0.462. The van der Waals surface area contributed by atoms with Crippen LogP contribution in [0.4, 0.5) is 5.69 Å². The number of nitro groups is 1. The molecule has 0 aliphatic heterocycles. The largest absolute Gasteiger partial charge is 0.482 e. The van der Waals surface area contributed by atoms with Gasteiger partial charge in [0.2, 0.25) is 5.91 Å². The number of ether oxygens (including phenoxy) is 1. The fourth-order valence-corrected chi connectivity index (χ4v) is 2.35. The fourth-order valence-electron chi connectivity index (χ4n) is 2.35. The summed E-state index contributed by atoms with van der Waals surface area (Å²) in [7, 11) is 0. The van der Waals surface area contributed by atoms with Crippen LogP contribution in [0.1, 0.15) is 36.0 Å². The molecule has 0 saturated heterocycles. The Morgan fingerprint density at radius 3 is 2.65 bits per heavy atom. The first-order valence-electron chi connectivity index (χ1n) is 6.49. The van der Waals surface area contributed by atoms with E-state index in [1.807, 2.05) is 0 Å². The van der Waals surface area contributed by atoms with Crippen LogP contribution in [0.25, 0.3) is 0 Å². The Kier molecular flexibility index (Phi) is 4.19. The molecule has 0 aromatic heterocycles. The minimum atomic E-state index is -0.655. The van der Waals surface area contributed by atoms with E-state index in [0.717, 1.165) is 25.7 Å². The number of rotatable bonds is 4. The first-order chi connectivity index (χ1) is 9.49. The van der Waals surface area contributed by atoms with E-state index in [4.69, 9.17) is 16.2 Å².